The zero-order valence-corrected chi connectivity index (χ0v) is 16.8. The maximum absolute atomic E-state index is 6.45. The Morgan fingerprint density at radius 2 is 2.18 bits per heavy atom. The molecule has 0 radical (unpaired) electrons. The van der Waals surface area contributed by atoms with E-state index in [-0.39, 0.29) is 6.10 Å². The Bertz CT molecular complexity index is 825. The molecule has 1 unspecified atom stereocenters. The van der Waals surface area contributed by atoms with E-state index in [4.69, 9.17) is 14.2 Å². The fraction of sp³-hybridized carbons (Fsp3) is 0.522. The molecule has 5 nitrogen and oxygen atoms in total. The second kappa shape index (κ2) is 8.60. The lowest BCUT2D eigenvalue weighted by molar-refractivity contribution is -0.0824. The van der Waals surface area contributed by atoms with E-state index in [0.717, 1.165) is 36.2 Å². The molecule has 0 spiro atoms. The number of aromatic nitrogens is 1. The van der Waals surface area contributed by atoms with Crippen LogP contribution in [-0.4, -0.2) is 56.4 Å². The van der Waals surface area contributed by atoms with Crippen molar-refractivity contribution in [2.24, 2.45) is 11.8 Å². The Labute approximate surface area is 167 Å². The normalized spacial score (nSPS) is 27.6. The van der Waals surface area contributed by atoms with Crippen molar-refractivity contribution < 1.29 is 14.2 Å². The monoisotopic (exact) mass is 382 g/mol. The molecule has 0 saturated carbocycles. The fourth-order valence-corrected chi connectivity index (χ4v) is 4.88. The molecule has 5 rings (SSSR count). The van der Waals surface area contributed by atoms with Gasteiger partial charge < -0.3 is 14.2 Å². The highest BCUT2D eigenvalue weighted by molar-refractivity contribution is 5.84. The number of ether oxygens (including phenoxy) is 3. The van der Waals surface area contributed by atoms with Gasteiger partial charge in [0.05, 0.1) is 31.9 Å². The number of rotatable bonds is 8. The molecule has 0 amide bonds. The maximum atomic E-state index is 6.45. The van der Waals surface area contributed by atoms with Gasteiger partial charge in [0, 0.05) is 31.3 Å². The molecule has 0 N–H and O–H groups in total. The number of piperidine rings is 3. The molecule has 5 atom stereocenters. The van der Waals surface area contributed by atoms with Gasteiger partial charge in [-0.15, -0.1) is 6.58 Å². The van der Waals surface area contributed by atoms with Gasteiger partial charge in [-0.25, -0.2) is 0 Å². The van der Waals surface area contributed by atoms with Crippen LogP contribution in [0.25, 0.3) is 10.9 Å². The van der Waals surface area contributed by atoms with E-state index in [2.05, 4.69) is 34.7 Å². The number of hydrogen-bond acceptors (Lipinski definition) is 5. The molecule has 1 aromatic carbocycles. The summed E-state index contributed by atoms with van der Waals surface area (Å²) in [5, 5.41) is 1.10. The molecule has 28 heavy (non-hydrogen) atoms. The molecule has 150 valence electrons. The summed E-state index contributed by atoms with van der Waals surface area (Å²) < 4.78 is 17.2. The van der Waals surface area contributed by atoms with Crippen molar-refractivity contribution in [2.75, 3.05) is 40.5 Å². The maximum Gasteiger partial charge on any atom is 0.119 e. The highest BCUT2D eigenvalue weighted by Gasteiger charge is 2.43. The van der Waals surface area contributed by atoms with Crippen molar-refractivity contribution in [3.8, 4) is 5.75 Å². The van der Waals surface area contributed by atoms with Crippen LogP contribution < -0.4 is 4.74 Å². The molecule has 5 heteroatoms. The third-order valence-electron chi connectivity index (χ3n) is 6.38. The Hall–Kier alpha value is -1.95. The van der Waals surface area contributed by atoms with Gasteiger partial charge in [0.15, 0.2) is 0 Å². The van der Waals surface area contributed by atoms with Crippen LogP contribution in [0.15, 0.2) is 43.1 Å². The molecule has 0 aliphatic carbocycles. The van der Waals surface area contributed by atoms with Gasteiger partial charge in [0.25, 0.3) is 0 Å². The summed E-state index contributed by atoms with van der Waals surface area (Å²) in [6.07, 6.45) is 6.41. The number of pyridine rings is 1. The Morgan fingerprint density at radius 1 is 1.29 bits per heavy atom. The molecular formula is C23H30N2O3. The third kappa shape index (κ3) is 3.66. The summed E-state index contributed by atoms with van der Waals surface area (Å²) in [4.78, 5) is 7.15. The number of fused-ring (bicyclic) bond motifs is 4. The predicted octanol–water partition coefficient (Wildman–Crippen LogP) is 3.84. The van der Waals surface area contributed by atoms with Crippen LogP contribution >= 0.6 is 0 Å². The lowest BCUT2D eigenvalue weighted by Gasteiger charge is -2.51. The molecule has 3 saturated heterocycles. The first-order chi connectivity index (χ1) is 13.7. The van der Waals surface area contributed by atoms with Crippen LogP contribution in [-0.2, 0) is 9.47 Å². The predicted molar refractivity (Wildman–Crippen MR) is 111 cm³/mol. The molecule has 1 aromatic heterocycles. The quantitative estimate of drug-likeness (QED) is 0.513. The van der Waals surface area contributed by atoms with Crippen molar-refractivity contribution in [3.63, 3.8) is 0 Å². The van der Waals surface area contributed by atoms with Gasteiger partial charge in [-0.05, 0) is 61.1 Å². The summed E-state index contributed by atoms with van der Waals surface area (Å²) >= 11 is 0. The largest absolute Gasteiger partial charge is 0.497 e. The van der Waals surface area contributed by atoms with E-state index in [1.807, 2.05) is 18.3 Å². The van der Waals surface area contributed by atoms with Crippen LogP contribution in [0.3, 0.4) is 0 Å². The van der Waals surface area contributed by atoms with Crippen LogP contribution in [0, 0.1) is 11.8 Å². The molecule has 3 aliphatic heterocycles. The van der Waals surface area contributed by atoms with E-state index in [0.29, 0.717) is 31.1 Å². The fourth-order valence-electron chi connectivity index (χ4n) is 4.88. The third-order valence-corrected chi connectivity index (χ3v) is 6.38. The van der Waals surface area contributed by atoms with Gasteiger partial charge in [-0.3, -0.25) is 9.88 Å². The zero-order chi connectivity index (χ0) is 19.5. The van der Waals surface area contributed by atoms with Crippen molar-refractivity contribution in [3.05, 3.63) is 48.7 Å². The summed E-state index contributed by atoms with van der Waals surface area (Å²) in [5.74, 6) is 2.14. The van der Waals surface area contributed by atoms with E-state index in [9.17, 15) is 0 Å². The summed E-state index contributed by atoms with van der Waals surface area (Å²) in [7, 11) is 3.41. The molecule has 3 aliphatic rings. The zero-order valence-electron chi connectivity index (χ0n) is 16.8. The minimum Gasteiger partial charge on any atom is -0.497 e. The molecule has 4 heterocycles. The lowest BCUT2D eigenvalue weighted by atomic mass is 9.73. The number of nitrogens with zero attached hydrogens (tertiary/aromatic N) is 2. The van der Waals surface area contributed by atoms with E-state index >= 15 is 0 Å². The Kier molecular flexibility index (Phi) is 5.95. The number of benzene rings is 1. The van der Waals surface area contributed by atoms with Crippen molar-refractivity contribution in [2.45, 2.75) is 25.0 Å². The first-order valence-electron chi connectivity index (χ1n) is 10.1. The van der Waals surface area contributed by atoms with E-state index in [1.165, 1.54) is 12.0 Å². The molecule has 2 bridgehead atoms. The number of hydrogen-bond donors (Lipinski definition) is 0. The highest BCUT2D eigenvalue weighted by Crippen LogP contribution is 2.43. The summed E-state index contributed by atoms with van der Waals surface area (Å²) in [6.45, 7) is 7.44. The minimum absolute atomic E-state index is 0.0127. The topological polar surface area (TPSA) is 43.8 Å². The number of methoxy groups -OCH3 is 2. The molecule has 2 aromatic rings. The van der Waals surface area contributed by atoms with Crippen LogP contribution in [0.1, 0.15) is 24.5 Å². The average molecular weight is 383 g/mol. The van der Waals surface area contributed by atoms with E-state index in [1.54, 1.807) is 14.2 Å². The smallest absolute Gasteiger partial charge is 0.119 e. The lowest BCUT2D eigenvalue weighted by Crippen LogP contribution is -2.55. The van der Waals surface area contributed by atoms with Gasteiger partial charge in [0.2, 0.25) is 0 Å². The van der Waals surface area contributed by atoms with Gasteiger partial charge in [0.1, 0.15) is 5.75 Å². The SMILES string of the molecule is C=C[C@H]1CN2CC[C@H]1C[C@H]2[C@H](OCCOC)c1ccnc2ccc(OC)cc12. The summed E-state index contributed by atoms with van der Waals surface area (Å²) in [5.41, 5.74) is 2.16. The second-order valence-corrected chi connectivity index (χ2v) is 7.81. The molecular weight excluding hydrogens is 352 g/mol. The van der Waals surface area contributed by atoms with Gasteiger partial charge >= 0.3 is 0 Å². The van der Waals surface area contributed by atoms with Gasteiger partial charge in [-0.1, -0.05) is 6.08 Å². The summed E-state index contributed by atoms with van der Waals surface area (Å²) in [6, 6.07) is 8.52. The first kappa shape index (κ1) is 19.4. The molecule has 3 fully saturated rings. The first-order valence-corrected chi connectivity index (χ1v) is 10.1. The minimum atomic E-state index is -0.0127. The Balaban J connectivity index is 1.71. The van der Waals surface area contributed by atoms with Crippen LogP contribution in [0.4, 0.5) is 0 Å². The average Bonchev–Trinajstić information content (AvgIpc) is 2.76. The van der Waals surface area contributed by atoms with Crippen molar-refractivity contribution >= 4 is 10.9 Å². The van der Waals surface area contributed by atoms with E-state index < -0.39 is 0 Å². The van der Waals surface area contributed by atoms with Gasteiger partial charge in [-0.2, -0.15) is 0 Å². The van der Waals surface area contributed by atoms with Crippen molar-refractivity contribution in [1.82, 2.24) is 9.88 Å². The Morgan fingerprint density at radius 3 is 2.89 bits per heavy atom. The van der Waals surface area contributed by atoms with Crippen LogP contribution in [0.5, 0.6) is 5.75 Å². The second-order valence-electron chi connectivity index (χ2n) is 7.81. The highest BCUT2D eigenvalue weighted by atomic mass is 16.5. The standard InChI is InChI=1S/C23H30N2O3/c1-4-16-15-25-10-8-17(16)13-22(25)23(28-12-11-26-2)19-7-9-24-21-6-5-18(27-3)14-20(19)21/h4-7,9,14,16-17,22-23H,1,8,10-13,15H2,2-3H3/t16-,17-,22-,23+/m0/s1. The van der Waals surface area contributed by atoms with Crippen molar-refractivity contribution in [1.29, 1.82) is 0 Å². The van der Waals surface area contributed by atoms with Crippen LogP contribution in [0.2, 0.25) is 0 Å².